The van der Waals surface area contributed by atoms with Crippen LogP contribution in [0.1, 0.15) is 26.2 Å². The van der Waals surface area contributed by atoms with Gasteiger partial charge in [0.2, 0.25) is 0 Å². The summed E-state index contributed by atoms with van der Waals surface area (Å²) in [6.45, 7) is 6.26. The molecule has 2 unspecified atom stereocenters. The highest BCUT2D eigenvalue weighted by atomic mass is 14.9. The van der Waals surface area contributed by atoms with Crippen molar-refractivity contribution in [3.05, 3.63) is 23.9 Å². The Balaban J connectivity index is 2.44. The minimum absolute atomic E-state index is 0.447. The molecule has 1 nitrogen and oxygen atoms in total. The van der Waals surface area contributed by atoms with Crippen LogP contribution in [0.15, 0.2) is 23.9 Å². The molecule has 0 radical (unpaired) electrons. The average molecular weight is 163 g/mol. The topological polar surface area (TPSA) is 12.0 Å². The summed E-state index contributed by atoms with van der Waals surface area (Å²) in [5.41, 5.74) is 3.38. The van der Waals surface area contributed by atoms with Gasteiger partial charge in [0.1, 0.15) is 0 Å². The lowest BCUT2D eigenvalue weighted by Gasteiger charge is -2.26. The van der Waals surface area contributed by atoms with E-state index in [1.54, 1.807) is 0 Å². The zero-order chi connectivity index (χ0) is 8.77. The molecule has 0 aromatic carbocycles. The number of hydrogen-bond donors (Lipinski definition) is 1. The monoisotopic (exact) mass is 163 g/mol. The van der Waals surface area contributed by atoms with Crippen molar-refractivity contribution in [1.82, 2.24) is 5.32 Å². The largest absolute Gasteiger partial charge is 0.391 e. The van der Waals surface area contributed by atoms with Gasteiger partial charge in [-0.05, 0) is 30.8 Å². The van der Waals surface area contributed by atoms with Crippen LogP contribution in [0.3, 0.4) is 0 Å². The first-order valence-electron chi connectivity index (χ1n) is 4.76. The van der Waals surface area contributed by atoms with Crippen LogP contribution >= 0.6 is 0 Å². The van der Waals surface area contributed by atoms with Crippen molar-refractivity contribution >= 4 is 0 Å². The summed E-state index contributed by atoms with van der Waals surface area (Å²) >= 11 is 0. The SMILES string of the molecule is C=CC1=C(NC)C2(C)CCC1C2. The summed E-state index contributed by atoms with van der Waals surface area (Å²) in [5.74, 6) is 0.801. The fourth-order valence-electron chi connectivity index (χ4n) is 3.00. The molecular weight excluding hydrogens is 146 g/mol. The van der Waals surface area contributed by atoms with Gasteiger partial charge in [0, 0.05) is 18.2 Å². The third-order valence-electron chi connectivity index (χ3n) is 3.54. The van der Waals surface area contributed by atoms with Gasteiger partial charge in [0.15, 0.2) is 0 Å². The van der Waals surface area contributed by atoms with Gasteiger partial charge in [-0.15, -0.1) is 0 Å². The predicted octanol–water partition coefficient (Wildman–Crippen LogP) is 2.47. The molecule has 2 aliphatic carbocycles. The van der Waals surface area contributed by atoms with E-state index < -0.39 is 0 Å². The Hall–Kier alpha value is -0.720. The highest BCUT2D eigenvalue weighted by Gasteiger charge is 2.46. The zero-order valence-electron chi connectivity index (χ0n) is 7.98. The van der Waals surface area contributed by atoms with Gasteiger partial charge in [0.05, 0.1) is 0 Å². The summed E-state index contributed by atoms with van der Waals surface area (Å²) in [5, 5.41) is 3.35. The maximum absolute atomic E-state index is 3.89. The smallest absolute Gasteiger partial charge is 0.0200 e. The highest BCUT2D eigenvalue weighted by molar-refractivity contribution is 5.38. The van der Waals surface area contributed by atoms with E-state index in [1.807, 2.05) is 13.1 Å². The molecule has 0 aromatic rings. The molecule has 2 aliphatic rings. The molecule has 2 atom stereocenters. The molecule has 0 heterocycles. The van der Waals surface area contributed by atoms with Crippen molar-refractivity contribution in [3.63, 3.8) is 0 Å². The van der Waals surface area contributed by atoms with Crippen LogP contribution in [0.2, 0.25) is 0 Å². The first-order chi connectivity index (χ1) is 5.71. The summed E-state index contributed by atoms with van der Waals surface area (Å²) < 4.78 is 0. The maximum Gasteiger partial charge on any atom is 0.0200 e. The second-order valence-electron chi connectivity index (χ2n) is 4.28. The fourth-order valence-corrected chi connectivity index (χ4v) is 3.00. The Labute approximate surface area is 74.5 Å². The van der Waals surface area contributed by atoms with E-state index in [1.165, 1.54) is 30.5 Å². The normalized spacial score (nSPS) is 39.0. The lowest BCUT2D eigenvalue weighted by Crippen LogP contribution is -2.23. The molecule has 1 N–H and O–H groups in total. The lowest BCUT2D eigenvalue weighted by molar-refractivity contribution is 0.403. The standard InChI is InChI=1S/C11H17N/c1-4-9-8-5-6-11(2,7-8)10(9)12-3/h4,8,12H,1,5-7H2,2-3H3. The van der Waals surface area contributed by atoms with Gasteiger partial charge in [-0.1, -0.05) is 19.6 Å². The van der Waals surface area contributed by atoms with Crippen molar-refractivity contribution in [2.75, 3.05) is 7.05 Å². The first-order valence-corrected chi connectivity index (χ1v) is 4.76. The third-order valence-corrected chi connectivity index (χ3v) is 3.54. The second-order valence-corrected chi connectivity index (χ2v) is 4.28. The minimum atomic E-state index is 0.447. The van der Waals surface area contributed by atoms with E-state index in [9.17, 15) is 0 Å². The van der Waals surface area contributed by atoms with E-state index in [0.717, 1.165) is 5.92 Å². The number of fused-ring (bicyclic) bond motifs is 2. The Morgan fingerprint density at radius 3 is 2.92 bits per heavy atom. The quantitative estimate of drug-likeness (QED) is 0.659. The summed E-state index contributed by atoms with van der Waals surface area (Å²) in [6.07, 6.45) is 6.10. The van der Waals surface area contributed by atoms with E-state index in [0.29, 0.717) is 5.41 Å². The van der Waals surface area contributed by atoms with Crippen molar-refractivity contribution in [1.29, 1.82) is 0 Å². The van der Waals surface area contributed by atoms with E-state index in [4.69, 9.17) is 0 Å². The molecule has 1 heteroatoms. The van der Waals surface area contributed by atoms with Gasteiger partial charge in [-0.25, -0.2) is 0 Å². The Bertz CT molecular complexity index is 252. The first kappa shape index (κ1) is 7.90. The van der Waals surface area contributed by atoms with Gasteiger partial charge in [0.25, 0.3) is 0 Å². The van der Waals surface area contributed by atoms with Gasteiger partial charge >= 0.3 is 0 Å². The predicted molar refractivity (Wildman–Crippen MR) is 51.7 cm³/mol. The Morgan fingerprint density at radius 1 is 1.67 bits per heavy atom. The van der Waals surface area contributed by atoms with Crippen LogP contribution in [0.25, 0.3) is 0 Å². The number of nitrogens with one attached hydrogen (secondary N) is 1. The van der Waals surface area contributed by atoms with E-state index >= 15 is 0 Å². The molecule has 0 aromatic heterocycles. The molecule has 0 spiro atoms. The summed E-state index contributed by atoms with van der Waals surface area (Å²) in [6, 6.07) is 0. The van der Waals surface area contributed by atoms with E-state index in [2.05, 4.69) is 18.8 Å². The van der Waals surface area contributed by atoms with Gasteiger partial charge in [-0.2, -0.15) is 0 Å². The number of allylic oxidation sites excluding steroid dienone is 3. The highest BCUT2D eigenvalue weighted by Crippen LogP contribution is 2.56. The molecule has 0 aliphatic heterocycles. The van der Waals surface area contributed by atoms with Crippen molar-refractivity contribution in [2.45, 2.75) is 26.2 Å². The molecular formula is C11H17N. The molecule has 2 bridgehead atoms. The second kappa shape index (κ2) is 2.38. The average Bonchev–Trinajstić information content (AvgIpc) is 2.55. The molecule has 1 saturated carbocycles. The number of rotatable bonds is 2. The van der Waals surface area contributed by atoms with E-state index in [-0.39, 0.29) is 0 Å². The molecule has 66 valence electrons. The van der Waals surface area contributed by atoms with Gasteiger partial charge < -0.3 is 5.32 Å². The van der Waals surface area contributed by atoms with Crippen LogP contribution in [0.4, 0.5) is 0 Å². The maximum atomic E-state index is 3.89. The van der Waals surface area contributed by atoms with Crippen LogP contribution in [-0.4, -0.2) is 7.05 Å². The Morgan fingerprint density at radius 2 is 2.42 bits per heavy atom. The molecule has 0 amide bonds. The van der Waals surface area contributed by atoms with Gasteiger partial charge in [-0.3, -0.25) is 0 Å². The third kappa shape index (κ3) is 0.796. The molecule has 1 fully saturated rings. The van der Waals surface area contributed by atoms with Crippen molar-refractivity contribution < 1.29 is 0 Å². The fraction of sp³-hybridized carbons (Fsp3) is 0.636. The number of hydrogen-bond acceptors (Lipinski definition) is 1. The minimum Gasteiger partial charge on any atom is -0.391 e. The van der Waals surface area contributed by atoms with Crippen molar-refractivity contribution in [3.8, 4) is 0 Å². The van der Waals surface area contributed by atoms with Crippen LogP contribution in [0, 0.1) is 11.3 Å². The summed E-state index contributed by atoms with van der Waals surface area (Å²) in [4.78, 5) is 0. The lowest BCUT2D eigenvalue weighted by atomic mass is 9.85. The van der Waals surface area contributed by atoms with Crippen LogP contribution < -0.4 is 5.32 Å². The zero-order valence-corrected chi connectivity index (χ0v) is 7.98. The Kier molecular flexibility index (Phi) is 1.57. The summed E-state index contributed by atoms with van der Waals surface area (Å²) in [7, 11) is 2.03. The van der Waals surface area contributed by atoms with Crippen LogP contribution in [0.5, 0.6) is 0 Å². The molecule has 12 heavy (non-hydrogen) atoms. The molecule has 2 rings (SSSR count). The van der Waals surface area contributed by atoms with Crippen LogP contribution in [-0.2, 0) is 0 Å². The van der Waals surface area contributed by atoms with Crippen molar-refractivity contribution in [2.24, 2.45) is 11.3 Å². The molecule has 0 saturated heterocycles.